The van der Waals surface area contributed by atoms with Crippen LogP contribution in [0.3, 0.4) is 0 Å². The Morgan fingerprint density at radius 1 is 0.935 bits per heavy atom. The van der Waals surface area contributed by atoms with Gasteiger partial charge in [0.15, 0.2) is 0 Å². The normalized spacial score (nSPS) is 13.6. The van der Waals surface area contributed by atoms with Crippen molar-refractivity contribution < 1.29 is 19.4 Å². The molecule has 0 heterocycles. The van der Waals surface area contributed by atoms with Crippen molar-refractivity contribution in [1.29, 1.82) is 0 Å². The summed E-state index contributed by atoms with van der Waals surface area (Å²) in [6, 6.07) is 16.2. The lowest BCUT2D eigenvalue weighted by Gasteiger charge is -2.26. The fourth-order valence-corrected chi connectivity index (χ4v) is 3.60. The number of aryl methyl sites for hydroxylation is 2. The molecule has 6 heteroatoms. The number of urea groups is 1. The van der Waals surface area contributed by atoms with Crippen LogP contribution in [-0.2, 0) is 9.53 Å². The zero-order valence-corrected chi connectivity index (χ0v) is 18.8. The maximum Gasteiger partial charge on any atom is 0.329 e. The molecule has 2 aromatic carbocycles. The van der Waals surface area contributed by atoms with Crippen molar-refractivity contribution in [2.75, 3.05) is 25.2 Å². The number of carbonyl (C=O) groups excluding carboxylic acids is 1. The van der Waals surface area contributed by atoms with E-state index in [0.29, 0.717) is 5.92 Å². The van der Waals surface area contributed by atoms with Gasteiger partial charge in [-0.15, -0.1) is 0 Å². The number of benzene rings is 2. The highest BCUT2D eigenvalue weighted by molar-refractivity contribution is 5.99. The van der Waals surface area contributed by atoms with E-state index in [4.69, 9.17) is 5.11 Å². The van der Waals surface area contributed by atoms with Crippen molar-refractivity contribution in [2.24, 2.45) is 5.92 Å². The second kappa shape index (κ2) is 12.7. The van der Waals surface area contributed by atoms with Gasteiger partial charge < -0.3 is 15.2 Å². The quantitative estimate of drug-likeness (QED) is 0.644. The standard InChI is InChI=1S/C22H28N2O.C3H6O3/c1-17-8-12-20(13-9-17)24(21-14-10-18(2)11-15-21)22(25)23-16-19-6-4-3-5-7-19;1-6-2-3(4)5/h8-15,19H,3-7,16H2,1-2H3,(H,23,25);2H2,1H3,(H,4,5). The van der Waals surface area contributed by atoms with Crippen LogP contribution in [0.4, 0.5) is 16.2 Å². The highest BCUT2D eigenvalue weighted by atomic mass is 16.5. The molecule has 0 atom stereocenters. The van der Waals surface area contributed by atoms with E-state index >= 15 is 0 Å². The van der Waals surface area contributed by atoms with E-state index in [9.17, 15) is 9.59 Å². The lowest BCUT2D eigenvalue weighted by atomic mass is 9.89. The average Bonchev–Trinajstić information content (AvgIpc) is 2.76. The van der Waals surface area contributed by atoms with Gasteiger partial charge in [-0.25, -0.2) is 9.59 Å². The lowest BCUT2D eigenvalue weighted by Crippen LogP contribution is -2.39. The van der Waals surface area contributed by atoms with Crippen LogP contribution in [0.25, 0.3) is 0 Å². The number of aliphatic carboxylic acids is 1. The van der Waals surface area contributed by atoms with Crippen molar-refractivity contribution >= 4 is 23.4 Å². The van der Waals surface area contributed by atoms with E-state index in [1.165, 1.54) is 50.3 Å². The SMILES string of the molecule is COCC(=O)O.Cc1ccc(N(C(=O)NCC2CCCCC2)c2ccc(C)cc2)cc1. The Hall–Kier alpha value is -2.86. The molecule has 0 bridgehead atoms. The first-order valence-corrected chi connectivity index (χ1v) is 10.8. The number of carboxylic acids is 1. The van der Waals surface area contributed by atoms with Crippen molar-refractivity contribution in [1.82, 2.24) is 5.32 Å². The van der Waals surface area contributed by atoms with Crippen molar-refractivity contribution in [3.8, 4) is 0 Å². The molecular weight excluding hydrogens is 392 g/mol. The molecule has 31 heavy (non-hydrogen) atoms. The minimum absolute atomic E-state index is 0.0433. The molecule has 0 aliphatic heterocycles. The Morgan fingerprint density at radius 3 is 1.81 bits per heavy atom. The van der Waals surface area contributed by atoms with E-state index in [2.05, 4.69) is 23.9 Å². The minimum Gasteiger partial charge on any atom is -0.480 e. The van der Waals surface area contributed by atoms with Gasteiger partial charge in [-0.3, -0.25) is 4.90 Å². The van der Waals surface area contributed by atoms with Crippen LogP contribution in [-0.4, -0.2) is 37.4 Å². The minimum atomic E-state index is -0.933. The van der Waals surface area contributed by atoms with Gasteiger partial charge in [-0.2, -0.15) is 0 Å². The summed E-state index contributed by atoms with van der Waals surface area (Å²) in [5.74, 6) is -0.312. The number of nitrogens with zero attached hydrogens (tertiary/aromatic N) is 1. The fourth-order valence-electron chi connectivity index (χ4n) is 3.60. The number of anilines is 2. The maximum absolute atomic E-state index is 13.0. The van der Waals surface area contributed by atoms with E-state index in [0.717, 1.165) is 17.9 Å². The topological polar surface area (TPSA) is 78.9 Å². The zero-order chi connectivity index (χ0) is 22.6. The lowest BCUT2D eigenvalue weighted by molar-refractivity contribution is -0.141. The number of nitrogens with one attached hydrogen (secondary N) is 1. The van der Waals surface area contributed by atoms with Gasteiger partial charge in [0.05, 0.1) is 11.4 Å². The Labute approximate surface area is 185 Å². The number of ether oxygens (including phenoxy) is 1. The van der Waals surface area contributed by atoms with Gasteiger partial charge >= 0.3 is 12.0 Å². The van der Waals surface area contributed by atoms with Crippen molar-refractivity contribution in [3.63, 3.8) is 0 Å². The molecule has 1 fully saturated rings. The predicted octanol–water partition coefficient (Wildman–Crippen LogP) is 5.45. The third kappa shape index (κ3) is 8.42. The van der Waals surface area contributed by atoms with Gasteiger partial charge in [0.25, 0.3) is 0 Å². The molecule has 1 aliphatic rings. The molecule has 1 saturated carbocycles. The Balaban J connectivity index is 0.000000501. The molecule has 0 unspecified atom stereocenters. The fraction of sp³-hybridized carbons (Fsp3) is 0.440. The first kappa shape index (κ1) is 24.4. The molecule has 6 nitrogen and oxygen atoms in total. The Morgan fingerprint density at radius 2 is 1.42 bits per heavy atom. The van der Waals surface area contributed by atoms with Gasteiger partial charge in [0.2, 0.25) is 0 Å². The number of amides is 2. The molecule has 0 saturated heterocycles. The van der Waals surface area contributed by atoms with E-state index in [1.54, 1.807) is 4.90 Å². The molecule has 0 spiro atoms. The Bertz CT molecular complexity index is 767. The highest BCUT2D eigenvalue weighted by Gasteiger charge is 2.20. The summed E-state index contributed by atoms with van der Waals surface area (Å²) in [6.45, 7) is 4.68. The van der Waals surface area contributed by atoms with E-state index in [1.807, 2.05) is 48.5 Å². The van der Waals surface area contributed by atoms with Crippen LogP contribution in [0.15, 0.2) is 48.5 Å². The van der Waals surface area contributed by atoms with Gasteiger partial charge in [-0.1, -0.05) is 54.7 Å². The molecule has 3 rings (SSSR count). The van der Waals surface area contributed by atoms with E-state index in [-0.39, 0.29) is 12.6 Å². The predicted molar refractivity (Wildman–Crippen MR) is 124 cm³/mol. The second-order valence-corrected chi connectivity index (χ2v) is 8.02. The monoisotopic (exact) mass is 426 g/mol. The molecule has 2 amide bonds. The summed E-state index contributed by atoms with van der Waals surface area (Å²) in [6.07, 6.45) is 6.38. The van der Waals surface area contributed by atoms with Gasteiger partial charge in [-0.05, 0) is 56.9 Å². The summed E-state index contributed by atoms with van der Waals surface area (Å²) >= 11 is 0. The molecule has 168 valence electrons. The number of rotatable bonds is 6. The average molecular weight is 427 g/mol. The van der Waals surface area contributed by atoms with E-state index < -0.39 is 5.97 Å². The molecule has 2 aromatic rings. The number of carbonyl (C=O) groups is 2. The van der Waals surface area contributed by atoms with Gasteiger partial charge in [0, 0.05) is 13.7 Å². The summed E-state index contributed by atoms with van der Waals surface area (Å²) in [5, 5.41) is 11.0. The molecule has 0 aromatic heterocycles. The number of methoxy groups -OCH3 is 1. The van der Waals surface area contributed by atoms with Gasteiger partial charge in [0.1, 0.15) is 6.61 Å². The number of carboxylic acid groups (broad SMARTS) is 1. The molecular formula is C25H34N2O4. The van der Waals surface area contributed by atoms with Crippen molar-refractivity contribution in [2.45, 2.75) is 46.0 Å². The maximum atomic E-state index is 13.0. The van der Waals surface area contributed by atoms with Crippen LogP contribution in [0.1, 0.15) is 43.2 Å². The van der Waals surface area contributed by atoms with Crippen LogP contribution in [0.5, 0.6) is 0 Å². The third-order valence-electron chi connectivity index (χ3n) is 5.32. The number of hydrogen-bond donors (Lipinski definition) is 2. The largest absolute Gasteiger partial charge is 0.480 e. The molecule has 0 radical (unpaired) electrons. The smallest absolute Gasteiger partial charge is 0.329 e. The summed E-state index contributed by atoms with van der Waals surface area (Å²) in [7, 11) is 1.34. The number of hydrogen-bond acceptors (Lipinski definition) is 3. The molecule has 1 aliphatic carbocycles. The van der Waals surface area contributed by atoms with Crippen LogP contribution in [0.2, 0.25) is 0 Å². The Kier molecular flexibility index (Phi) is 10.0. The third-order valence-corrected chi connectivity index (χ3v) is 5.32. The second-order valence-electron chi connectivity index (χ2n) is 8.02. The van der Waals surface area contributed by atoms with Crippen LogP contribution >= 0.6 is 0 Å². The first-order valence-electron chi connectivity index (χ1n) is 10.8. The summed E-state index contributed by atoms with van der Waals surface area (Å²) in [5.41, 5.74) is 4.18. The summed E-state index contributed by atoms with van der Waals surface area (Å²) in [4.78, 5) is 24.2. The van der Waals surface area contributed by atoms with Crippen molar-refractivity contribution in [3.05, 3.63) is 59.7 Å². The van der Waals surface area contributed by atoms with Crippen LogP contribution < -0.4 is 10.2 Å². The summed E-state index contributed by atoms with van der Waals surface area (Å²) < 4.78 is 4.20. The van der Waals surface area contributed by atoms with Crippen LogP contribution in [0, 0.1) is 19.8 Å². The highest BCUT2D eigenvalue weighted by Crippen LogP contribution is 2.27. The first-order chi connectivity index (χ1) is 14.9. The zero-order valence-electron chi connectivity index (χ0n) is 18.8. The molecule has 2 N–H and O–H groups in total.